The van der Waals surface area contributed by atoms with Crippen LogP contribution in [0, 0.1) is 0 Å². The Morgan fingerprint density at radius 2 is 1.75 bits per heavy atom. The van der Waals surface area contributed by atoms with E-state index in [4.69, 9.17) is 19.3 Å². The van der Waals surface area contributed by atoms with Gasteiger partial charge in [-0.05, 0) is 13.8 Å². The second-order valence-electron chi connectivity index (χ2n) is 7.43. The van der Waals surface area contributed by atoms with Gasteiger partial charge in [-0.3, -0.25) is 4.18 Å². The average Bonchev–Trinajstić information content (AvgIpc) is 2.89. The fourth-order valence-electron chi connectivity index (χ4n) is 2.91. The molecule has 0 saturated carbocycles. The fraction of sp³-hybridized carbons (Fsp3) is 1.00. The first-order valence-electron chi connectivity index (χ1n) is 9.72. The van der Waals surface area contributed by atoms with Crippen LogP contribution in [0.4, 0.5) is 0 Å². The molecule has 9 nitrogen and oxygen atoms in total. The second-order valence-corrected chi connectivity index (χ2v) is 12.9. The molecular formula is C17H35NO8SSn. The van der Waals surface area contributed by atoms with Gasteiger partial charge in [0.25, 0.3) is 0 Å². The van der Waals surface area contributed by atoms with Crippen molar-refractivity contribution in [2.45, 2.75) is 92.1 Å². The van der Waals surface area contributed by atoms with Crippen LogP contribution in [0.1, 0.15) is 53.4 Å². The monoisotopic (exact) mass is 533 g/mol. The summed E-state index contributed by atoms with van der Waals surface area (Å²) in [6, 6.07) is 0. The number of hydrogen-bond donors (Lipinski definition) is 3. The van der Waals surface area contributed by atoms with Gasteiger partial charge in [-0.2, -0.15) is 8.42 Å². The fourth-order valence-corrected chi connectivity index (χ4v) is 7.40. The summed E-state index contributed by atoms with van der Waals surface area (Å²) < 4.78 is 45.7. The summed E-state index contributed by atoms with van der Waals surface area (Å²) in [5, 5.41) is 24.2. The first kappa shape index (κ1) is 26.5. The number of rotatable bonds is 9. The van der Waals surface area contributed by atoms with E-state index in [-0.39, 0.29) is 27.7 Å². The maximum absolute atomic E-state index is 10.9. The molecule has 0 bridgehead atoms. The maximum atomic E-state index is 10.9. The molecule has 2 fully saturated rings. The standard InChI is InChI=1S/C9H17NO8S.2C4H9.Sn/c1-8(2)17-7-6(12)5(11)3-15-9(7,18-8)4-16-19(10,13)14;2*1-3-4-2;/h5-7,11-12H,3-4H2,1-2H3,(H2,10,13,14);2*1,3-4H2,2H3;/t5-,6-,7+,9+;;;/m1.../s1. The van der Waals surface area contributed by atoms with E-state index in [0.29, 0.717) is 0 Å². The van der Waals surface area contributed by atoms with Crippen molar-refractivity contribution in [2.75, 3.05) is 13.2 Å². The third-order valence-corrected chi connectivity index (χ3v) is 8.79. The summed E-state index contributed by atoms with van der Waals surface area (Å²) in [6.07, 6.45) is 2.30. The molecule has 2 saturated heterocycles. The van der Waals surface area contributed by atoms with Gasteiger partial charge in [-0.25, -0.2) is 5.14 Å². The van der Waals surface area contributed by atoms with Crippen LogP contribution in [-0.4, -0.2) is 82.9 Å². The van der Waals surface area contributed by atoms with E-state index in [2.05, 4.69) is 18.0 Å². The van der Waals surface area contributed by atoms with Gasteiger partial charge in [0, 0.05) is 0 Å². The molecule has 2 aliphatic heterocycles. The number of aliphatic hydroxyl groups excluding tert-OH is 2. The average molecular weight is 532 g/mol. The van der Waals surface area contributed by atoms with Gasteiger partial charge in [0.15, 0.2) is 5.79 Å². The summed E-state index contributed by atoms with van der Waals surface area (Å²) in [4.78, 5) is 0. The first-order chi connectivity index (χ1) is 13.0. The van der Waals surface area contributed by atoms with E-state index in [0.717, 1.165) is 0 Å². The molecule has 2 radical (unpaired) electrons. The Bertz CT molecular complexity index is 555. The molecule has 4 N–H and O–H groups in total. The van der Waals surface area contributed by atoms with E-state index in [1.54, 1.807) is 22.7 Å². The van der Waals surface area contributed by atoms with Gasteiger partial charge >= 0.3 is 79.9 Å². The topological polar surface area (TPSA) is 138 Å². The minimum absolute atomic E-state index is 0.149. The van der Waals surface area contributed by atoms with Crippen LogP contribution in [0.2, 0.25) is 8.87 Å². The van der Waals surface area contributed by atoms with Gasteiger partial charge in [0.05, 0.1) is 6.61 Å². The Kier molecular flexibility index (Phi) is 11.1. The Labute approximate surface area is 178 Å². The van der Waals surface area contributed by atoms with E-state index in [1.165, 1.54) is 25.7 Å². The van der Waals surface area contributed by atoms with Crippen molar-refractivity contribution in [3.8, 4) is 0 Å². The molecule has 2 aliphatic rings. The molecule has 0 unspecified atom stereocenters. The third kappa shape index (κ3) is 8.68. The molecule has 4 atom stereocenters. The van der Waals surface area contributed by atoms with Crippen molar-refractivity contribution in [2.24, 2.45) is 5.14 Å². The zero-order valence-corrected chi connectivity index (χ0v) is 20.9. The van der Waals surface area contributed by atoms with Crippen LogP contribution in [0.25, 0.3) is 0 Å². The van der Waals surface area contributed by atoms with E-state index < -0.39 is 46.8 Å². The van der Waals surface area contributed by atoms with Gasteiger partial charge in [0.2, 0.25) is 5.79 Å². The van der Waals surface area contributed by atoms with E-state index in [9.17, 15) is 18.6 Å². The van der Waals surface area contributed by atoms with Crippen molar-refractivity contribution >= 4 is 31.4 Å². The SMILES string of the molecule is CC1(C)O[C@H]2[C@H](O)[C@H](O)CO[C@@]2(COS(N)(=O)=O)O1.CCC[CH2][Sn][CH2]CCC. The second kappa shape index (κ2) is 11.8. The van der Waals surface area contributed by atoms with Crippen molar-refractivity contribution in [3.05, 3.63) is 0 Å². The number of aliphatic hydroxyl groups is 2. The zero-order valence-electron chi connectivity index (χ0n) is 17.2. The molecular weight excluding hydrogens is 497 g/mol. The Balaban J connectivity index is 0.000000370. The van der Waals surface area contributed by atoms with E-state index in [1.807, 2.05) is 0 Å². The number of unbranched alkanes of at least 4 members (excludes halogenated alkanes) is 2. The van der Waals surface area contributed by atoms with Crippen molar-refractivity contribution in [3.63, 3.8) is 0 Å². The van der Waals surface area contributed by atoms with Crippen LogP contribution in [0.15, 0.2) is 0 Å². The molecule has 0 aromatic heterocycles. The number of ether oxygens (including phenoxy) is 3. The van der Waals surface area contributed by atoms with Gasteiger partial charge < -0.3 is 24.4 Å². The van der Waals surface area contributed by atoms with Crippen LogP contribution < -0.4 is 5.14 Å². The predicted molar refractivity (Wildman–Crippen MR) is 105 cm³/mol. The molecule has 2 rings (SSSR count). The Hall–Kier alpha value is 0.469. The third-order valence-electron chi connectivity index (χ3n) is 4.30. The summed E-state index contributed by atoms with van der Waals surface area (Å²) in [7, 11) is -4.20. The van der Waals surface area contributed by atoms with Crippen molar-refractivity contribution in [1.29, 1.82) is 0 Å². The van der Waals surface area contributed by atoms with Crippen LogP contribution in [0.5, 0.6) is 0 Å². The van der Waals surface area contributed by atoms with Crippen LogP contribution in [0.3, 0.4) is 0 Å². The molecule has 2 heterocycles. The first-order valence-corrected chi connectivity index (χ1v) is 15.2. The zero-order chi connectivity index (χ0) is 21.4. The van der Waals surface area contributed by atoms with Gasteiger partial charge in [-0.1, -0.05) is 0 Å². The molecule has 0 aliphatic carbocycles. The summed E-state index contributed by atoms with van der Waals surface area (Å²) in [6.45, 7) is 6.88. The normalized spacial score (nSPS) is 31.8. The number of fused-ring (bicyclic) bond motifs is 1. The molecule has 0 aromatic rings. The minimum atomic E-state index is -4.20. The molecule has 0 spiro atoms. The number of hydrogen-bond acceptors (Lipinski definition) is 8. The quantitative estimate of drug-likeness (QED) is 0.295. The van der Waals surface area contributed by atoms with Crippen LogP contribution >= 0.6 is 0 Å². The Morgan fingerprint density at radius 1 is 1.18 bits per heavy atom. The summed E-state index contributed by atoms with van der Waals surface area (Å²) >= 11 is 0.149. The van der Waals surface area contributed by atoms with Crippen molar-refractivity contribution in [1.82, 2.24) is 0 Å². The summed E-state index contributed by atoms with van der Waals surface area (Å²) in [5.74, 6) is -2.76. The Morgan fingerprint density at radius 3 is 2.25 bits per heavy atom. The molecule has 28 heavy (non-hydrogen) atoms. The van der Waals surface area contributed by atoms with E-state index >= 15 is 0 Å². The molecule has 0 aromatic carbocycles. The molecule has 11 heteroatoms. The van der Waals surface area contributed by atoms with Gasteiger partial charge in [-0.15, -0.1) is 0 Å². The predicted octanol–water partition coefficient (Wildman–Crippen LogP) is 0.934. The number of nitrogens with two attached hydrogens (primary N) is 1. The van der Waals surface area contributed by atoms with Gasteiger partial charge in [0.1, 0.15) is 24.9 Å². The molecule has 0 amide bonds. The van der Waals surface area contributed by atoms with Crippen molar-refractivity contribution < 1.29 is 37.0 Å². The van der Waals surface area contributed by atoms with Crippen LogP contribution in [-0.2, 0) is 28.7 Å². The summed E-state index contributed by atoms with van der Waals surface area (Å²) in [5.41, 5.74) is 0. The molecule has 166 valence electrons.